The quantitative estimate of drug-likeness (QED) is 0.762. The molecule has 1 saturated heterocycles. The smallest absolute Gasteiger partial charge is 0.223 e. The van der Waals surface area contributed by atoms with Crippen molar-refractivity contribution in [2.75, 3.05) is 19.7 Å². The Balaban J connectivity index is 1.39. The third kappa shape index (κ3) is 5.18. The first-order valence-corrected chi connectivity index (χ1v) is 9.70. The number of rotatable bonds is 7. The molecule has 1 aliphatic rings. The van der Waals surface area contributed by atoms with Gasteiger partial charge in [-0.15, -0.1) is 0 Å². The molecule has 0 radical (unpaired) electrons. The predicted molar refractivity (Wildman–Crippen MR) is 98.3 cm³/mol. The van der Waals surface area contributed by atoms with E-state index in [0.29, 0.717) is 13.0 Å². The molecule has 0 N–H and O–H groups in total. The number of benzene rings is 1. The molecular formula is C20H25NO2S. The molecule has 1 aromatic carbocycles. The number of ether oxygens (including phenoxy) is 1. The van der Waals surface area contributed by atoms with E-state index in [1.54, 1.807) is 11.3 Å². The van der Waals surface area contributed by atoms with Crippen LogP contribution in [0.4, 0.5) is 0 Å². The van der Waals surface area contributed by atoms with Gasteiger partial charge in [0.1, 0.15) is 0 Å². The molecule has 2 heterocycles. The summed E-state index contributed by atoms with van der Waals surface area (Å²) in [6.45, 7) is 2.15. The Morgan fingerprint density at radius 2 is 2.04 bits per heavy atom. The van der Waals surface area contributed by atoms with Crippen LogP contribution < -0.4 is 0 Å². The zero-order valence-corrected chi connectivity index (χ0v) is 14.8. The summed E-state index contributed by atoms with van der Waals surface area (Å²) >= 11 is 1.69. The van der Waals surface area contributed by atoms with E-state index < -0.39 is 0 Å². The molecule has 1 aliphatic heterocycles. The Labute approximate surface area is 148 Å². The van der Waals surface area contributed by atoms with E-state index in [-0.39, 0.29) is 12.0 Å². The lowest BCUT2D eigenvalue weighted by molar-refractivity contribution is -0.139. The molecule has 0 bridgehead atoms. The largest absolute Gasteiger partial charge is 0.375 e. The van der Waals surface area contributed by atoms with Crippen molar-refractivity contribution in [3.63, 3.8) is 0 Å². The van der Waals surface area contributed by atoms with Crippen molar-refractivity contribution in [3.05, 3.63) is 58.3 Å². The standard InChI is InChI=1S/C20H25NO2S/c22-20(10-9-18-11-14-24-16-18)21-12-13-23-19(15-21)8-4-7-17-5-2-1-3-6-17/h1-3,5-6,11,14,16,19H,4,7-10,12-13,15H2/t19-/m1/s1. The van der Waals surface area contributed by atoms with Crippen LogP contribution in [0.1, 0.15) is 30.4 Å². The van der Waals surface area contributed by atoms with E-state index in [0.717, 1.165) is 38.8 Å². The highest BCUT2D eigenvalue weighted by molar-refractivity contribution is 7.07. The maximum Gasteiger partial charge on any atom is 0.223 e. The highest BCUT2D eigenvalue weighted by atomic mass is 32.1. The summed E-state index contributed by atoms with van der Waals surface area (Å²) in [6, 6.07) is 12.7. The molecule has 0 unspecified atom stereocenters. The van der Waals surface area contributed by atoms with Gasteiger partial charge < -0.3 is 9.64 Å². The number of aryl methyl sites for hydroxylation is 2. The Morgan fingerprint density at radius 1 is 1.17 bits per heavy atom. The van der Waals surface area contributed by atoms with Gasteiger partial charge in [0.2, 0.25) is 5.91 Å². The van der Waals surface area contributed by atoms with E-state index >= 15 is 0 Å². The maximum absolute atomic E-state index is 12.4. The van der Waals surface area contributed by atoms with E-state index in [1.165, 1.54) is 11.1 Å². The van der Waals surface area contributed by atoms with Crippen LogP contribution in [0.3, 0.4) is 0 Å². The molecule has 3 rings (SSSR count). The van der Waals surface area contributed by atoms with Gasteiger partial charge in [0.25, 0.3) is 0 Å². The van der Waals surface area contributed by atoms with Crippen LogP contribution in [-0.4, -0.2) is 36.6 Å². The molecule has 1 amide bonds. The summed E-state index contributed by atoms with van der Waals surface area (Å²) in [5, 5.41) is 4.19. The van der Waals surface area contributed by atoms with Gasteiger partial charge in [0, 0.05) is 19.5 Å². The van der Waals surface area contributed by atoms with Crippen molar-refractivity contribution >= 4 is 17.2 Å². The van der Waals surface area contributed by atoms with Crippen molar-refractivity contribution in [1.82, 2.24) is 4.90 Å². The highest BCUT2D eigenvalue weighted by Gasteiger charge is 2.23. The zero-order valence-electron chi connectivity index (χ0n) is 14.0. The van der Waals surface area contributed by atoms with Crippen LogP contribution in [-0.2, 0) is 22.4 Å². The fraction of sp³-hybridized carbons (Fsp3) is 0.450. The van der Waals surface area contributed by atoms with Crippen molar-refractivity contribution in [1.29, 1.82) is 0 Å². The number of carbonyl (C=O) groups excluding carboxylic acids is 1. The van der Waals surface area contributed by atoms with Gasteiger partial charge in [-0.1, -0.05) is 30.3 Å². The second-order valence-corrected chi connectivity index (χ2v) is 7.12. The normalized spacial score (nSPS) is 17.8. The first-order valence-electron chi connectivity index (χ1n) is 8.75. The lowest BCUT2D eigenvalue weighted by atomic mass is 10.0. The van der Waals surface area contributed by atoms with E-state index in [2.05, 4.69) is 41.1 Å². The first kappa shape index (κ1) is 17.2. The third-order valence-electron chi connectivity index (χ3n) is 4.53. The summed E-state index contributed by atoms with van der Waals surface area (Å²) in [6.07, 6.45) is 4.83. The minimum Gasteiger partial charge on any atom is -0.375 e. The number of hydrogen-bond donors (Lipinski definition) is 0. The number of carbonyl (C=O) groups is 1. The molecule has 3 nitrogen and oxygen atoms in total. The minimum atomic E-state index is 0.188. The topological polar surface area (TPSA) is 29.5 Å². The molecule has 24 heavy (non-hydrogen) atoms. The third-order valence-corrected chi connectivity index (χ3v) is 5.27. The Hall–Kier alpha value is -1.65. The van der Waals surface area contributed by atoms with Crippen LogP contribution >= 0.6 is 11.3 Å². The molecule has 0 spiro atoms. The van der Waals surface area contributed by atoms with Crippen LogP contribution in [0.15, 0.2) is 47.2 Å². The number of morpholine rings is 1. The Kier molecular flexibility index (Phi) is 6.44. The lowest BCUT2D eigenvalue weighted by Gasteiger charge is -2.33. The molecule has 1 aromatic heterocycles. The second kappa shape index (κ2) is 9.00. The van der Waals surface area contributed by atoms with Crippen LogP contribution in [0.2, 0.25) is 0 Å². The highest BCUT2D eigenvalue weighted by Crippen LogP contribution is 2.15. The molecule has 128 valence electrons. The molecule has 4 heteroatoms. The molecule has 1 fully saturated rings. The summed E-state index contributed by atoms with van der Waals surface area (Å²) in [4.78, 5) is 14.4. The van der Waals surface area contributed by atoms with Gasteiger partial charge >= 0.3 is 0 Å². The van der Waals surface area contributed by atoms with Crippen molar-refractivity contribution in [2.45, 2.75) is 38.2 Å². The van der Waals surface area contributed by atoms with Crippen molar-refractivity contribution in [3.8, 4) is 0 Å². The van der Waals surface area contributed by atoms with Gasteiger partial charge in [-0.05, 0) is 53.6 Å². The van der Waals surface area contributed by atoms with Gasteiger partial charge in [-0.2, -0.15) is 11.3 Å². The van der Waals surface area contributed by atoms with Crippen molar-refractivity contribution in [2.24, 2.45) is 0 Å². The Bertz CT molecular complexity index is 612. The van der Waals surface area contributed by atoms with Crippen LogP contribution in [0.25, 0.3) is 0 Å². The summed E-state index contributed by atoms with van der Waals surface area (Å²) in [5.74, 6) is 0.262. The summed E-state index contributed by atoms with van der Waals surface area (Å²) < 4.78 is 5.85. The van der Waals surface area contributed by atoms with Gasteiger partial charge in [-0.25, -0.2) is 0 Å². The molecule has 0 saturated carbocycles. The van der Waals surface area contributed by atoms with Crippen LogP contribution in [0.5, 0.6) is 0 Å². The molecule has 2 aromatic rings. The monoisotopic (exact) mass is 343 g/mol. The lowest BCUT2D eigenvalue weighted by Crippen LogP contribution is -2.45. The summed E-state index contributed by atoms with van der Waals surface area (Å²) in [5.41, 5.74) is 2.64. The molecule has 1 atom stereocenters. The fourth-order valence-electron chi connectivity index (χ4n) is 3.14. The maximum atomic E-state index is 12.4. The van der Waals surface area contributed by atoms with Crippen LogP contribution in [0, 0.1) is 0 Å². The van der Waals surface area contributed by atoms with E-state index in [4.69, 9.17) is 4.74 Å². The van der Waals surface area contributed by atoms with Crippen molar-refractivity contribution < 1.29 is 9.53 Å². The zero-order chi connectivity index (χ0) is 16.6. The van der Waals surface area contributed by atoms with Gasteiger partial charge in [0.05, 0.1) is 12.7 Å². The fourth-order valence-corrected chi connectivity index (χ4v) is 3.85. The summed E-state index contributed by atoms with van der Waals surface area (Å²) in [7, 11) is 0. The number of nitrogens with zero attached hydrogens (tertiary/aromatic N) is 1. The first-order chi connectivity index (χ1) is 11.8. The second-order valence-electron chi connectivity index (χ2n) is 6.34. The number of thiophene rings is 1. The van der Waals surface area contributed by atoms with Gasteiger partial charge in [0.15, 0.2) is 0 Å². The van der Waals surface area contributed by atoms with Gasteiger partial charge in [-0.3, -0.25) is 4.79 Å². The predicted octanol–water partition coefficient (Wildman–Crippen LogP) is 3.93. The van der Waals surface area contributed by atoms with E-state index in [1.807, 2.05) is 11.0 Å². The minimum absolute atomic E-state index is 0.188. The SMILES string of the molecule is O=C(CCc1ccsc1)N1CCO[C@H](CCCc2ccccc2)C1. The molecule has 0 aliphatic carbocycles. The average molecular weight is 343 g/mol. The molecular weight excluding hydrogens is 318 g/mol. The number of hydrogen-bond acceptors (Lipinski definition) is 3. The number of amides is 1. The Morgan fingerprint density at radius 3 is 2.83 bits per heavy atom. The van der Waals surface area contributed by atoms with E-state index in [9.17, 15) is 4.79 Å². The average Bonchev–Trinajstić information content (AvgIpc) is 3.14.